The molecule has 182 valence electrons. The first kappa shape index (κ1) is 25.4. The molecule has 0 unspecified atom stereocenters. The van der Waals surface area contributed by atoms with Crippen LogP contribution in [-0.4, -0.2) is 21.2 Å². The third kappa shape index (κ3) is 5.29. The fraction of sp³-hybridized carbons (Fsp3) is 0.269. The number of thiophene rings is 1. The van der Waals surface area contributed by atoms with Gasteiger partial charge in [0.05, 0.1) is 21.8 Å². The number of halogens is 2. The van der Waals surface area contributed by atoms with Crippen LogP contribution in [-0.2, 0) is 11.2 Å². The highest BCUT2D eigenvalue weighted by Crippen LogP contribution is 2.31. The molecule has 5 nitrogen and oxygen atoms in total. The third-order valence-corrected chi connectivity index (χ3v) is 8.27. The van der Waals surface area contributed by atoms with Crippen molar-refractivity contribution in [1.82, 2.24) is 9.55 Å². The van der Waals surface area contributed by atoms with Gasteiger partial charge in [-0.3, -0.25) is 14.2 Å². The van der Waals surface area contributed by atoms with E-state index in [9.17, 15) is 14.0 Å². The summed E-state index contributed by atoms with van der Waals surface area (Å²) in [4.78, 5) is 33.1. The molecule has 1 amide bonds. The van der Waals surface area contributed by atoms with Gasteiger partial charge in [0.25, 0.3) is 5.56 Å². The minimum absolute atomic E-state index is 0.0178. The van der Waals surface area contributed by atoms with Crippen LogP contribution in [0.3, 0.4) is 0 Å². The first-order valence-electron chi connectivity index (χ1n) is 11.2. The quantitative estimate of drug-likeness (QED) is 0.210. The largest absolute Gasteiger partial charge is 0.325 e. The minimum Gasteiger partial charge on any atom is -0.325 e. The highest BCUT2D eigenvalue weighted by Gasteiger charge is 2.20. The molecule has 0 spiro atoms. The van der Waals surface area contributed by atoms with Gasteiger partial charge in [0.15, 0.2) is 5.16 Å². The molecule has 9 heteroatoms. The molecule has 0 saturated heterocycles. The molecule has 4 rings (SSSR count). The van der Waals surface area contributed by atoms with E-state index in [1.54, 1.807) is 4.57 Å². The molecule has 35 heavy (non-hydrogen) atoms. The van der Waals surface area contributed by atoms with E-state index in [0.717, 1.165) is 34.4 Å². The van der Waals surface area contributed by atoms with Gasteiger partial charge in [0.1, 0.15) is 10.6 Å². The molecule has 0 saturated carbocycles. The Balaban J connectivity index is 1.73. The number of carbonyl (C=O) groups is 1. The number of benzene rings is 2. The summed E-state index contributed by atoms with van der Waals surface area (Å²) in [5.41, 5.74) is 4.13. The van der Waals surface area contributed by atoms with Crippen LogP contribution in [0.1, 0.15) is 34.9 Å². The van der Waals surface area contributed by atoms with Crippen LogP contribution in [0.4, 0.5) is 10.1 Å². The van der Waals surface area contributed by atoms with Crippen molar-refractivity contribution in [2.45, 2.75) is 45.7 Å². The summed E-state index contributed by atoms with van der Waals surface area (Å²) in [6, 6.07) is 9.84. The molecular formula is C26H25ClFN3O2S2. The summed E-state index contributed by atoms with van der Waals surface area (Å²) in [6.07, 6.45) is 1.87. The minimum atomic E-state index is -0.553. The molecule has 0 fully saturated rings. The fourth-order valence-electron chi connectivity index (χ4n) is 3.77. The van der Waals surface area contributed by atoms with E-state index in [4.69, 9.17) is 16.6 Å². The molecule has 0 radical (unpaired) electrons. The van der Waals surface area contributed by atoms with Crippen LogP contribution < -0.4 is 10.9 Å². The molecular weight excluding hydrogens is 505 g/mol. The van der Waals surface area contributed by atoms with Crippen molar-refractivity contribution in [1.29, 1.82) is 0 Å². The van der Waals surface area contributed by atoms with Gasteiger partial charge in [0, 0.05) is 10.6 Å². The van der Waals surface area contributed by atoms with Crippen LogP contribution in [0.2, 0.25) is 5.02 Å². The van der Waals surface area contributed by atoms with Gasteiger partial charge in [-0.05, 0) is 74.2 Å². The van der Waals surface area contributed by atoms with Gasteiger partial charge in [-0.2, -0.15) is 0 Å². The second kappa shape index (κ2) is 10.5. The maximum absolute atomic E-state index is 13.8. The maximum atomic E-state index is 13.8. The molecule has 0 aliphatic heterocycles. The van der Waals surface area contributed by atoms with Gasteiger partial charge < -0.3 is 5.32 Å². The zero-order valence-corrected chi connectivity index (χ0v) is 22.3. The van der Waals surface area contributed by atoms with Crippen molar-refractivity contribution in [2.24, 2.45) is 0 Å². The molecule has 0 aliphatic carbocycles. The molecule has 2 aromatic carbocycles. The number of anilines is 1. The summed E-state index contributed by atoms with van der Waals surface area (Å²) in [6.45, 7) is 8.11. The highest BCUT2D eigenvalue weighted by atomic mass is 35.5. The van der Waals surface area contributed by atoms with E-state index in [2.05, 4.69) is 12.2 Å². The number of rotatable bonds is 7. The number of fused-ring (bicyclic) bond motifs is 1. The maximum Gasteiger partial charge on any atom is 0.267 e. The summed E-state index contributed by atoms with van der Waals surface area (Å²) in [7, 11) is 0. The zero-order valence-electron chi connectivity index (χ0n) is 19.9. The van der Waals surface area contributed by atoms with Gasteiger partial charge in [-0.1, -0.05) is 42.8 Å². The first-order valence-corrected chi connectivity index (χ1v) is 13.4. The molecule has 0 bridgehead atoms. The lowest BCUT2D eigenvalue weighted by Gasteiger charge is -2.14. The van der Waals surface area contributed by atoms with Crippen molar-refractivity contribution < 1.29 is 9.18 Å². The van der Waals surface area contributed by atoms with Crippen LogP contribution in [0.5, 0.6) is 0 Å². The second-order valence-electron chi connectivity index (χ2n) is 8.35. The number of thioether (sulfide) groups is 1. The van der Waals surface area contributed by atoms with Crippen molar-refractivity contribution in [3.63, 3.8) is 0 Å². The Kier molecular flexibility index (Phi) is 7.64. The fourth-order valence-corrected chi connectivity index (χ4v) is 6.08. The molecule has 4 aromatic rings. The SMILES string of the molecule is CCCc1sc2nc(SCC(=O)Nc3ccc(F)c(Cl)c3)n(-c3ccc(C)c(C)c3)c(=O)c2c1C. The van der Waals surface area contributed by atoms with Crippen LogP contribution in [0.25, 0.3) is 15.9 Å². The molecule has 1 N–H and O–H groups in total. The Labute approximate surface area is 216 Å². The Bertz CT molecular complexity index is 1500. The number of carbonyl (C=O) groups excluding carboxylic acids is 1. The van der Waals surface area contributed by atoms with Crippen molar-refractivity contribution in [3.05, 3.63) is 79.2 Å². The lowest BCUT2D eigenvalue weighted by atomic mass is 10.1. The molecule has 2 heterocycles. The predicted molar refractivity (Wildman–Crippen MR) is 144 cm³/mol. The number of aryl methyl sites for hydroxylation is 4. The van der Waals surface area contributed by atoms with E-state index in [-0.39, 0.29) is 22.2 Å². The predicted octanol–water partition coefficient (Wildman–Crippen LogP) is 6.85. The summed E-state index contributed by atoms with van der Waals surface area (Å²) >= 11 is 8.54. The van der Waals surface area contributed by atoms with E-state index in [0.29, 0.717) is 26.7 Å². The smallest absolute Gasteiger partial charge is 0.267 e. The number of aromatic nitrogens is 2. The van der Waals surface area contributed by atoms with Gasteiger partial charge in [-0.15, -0.1) is 11.3 Å². The lowest BCUT2D eigenvalue weighted by molar-refractivity contribution is -0.113. The Hall–Kier alpha value is -2.68. The van der Waals surface area contributed by atoms with Crippen molar-refractivity contribution in [3.8, 4) is 5.69 Å². The van der Waals surface area contributed by atoms with E-state index >= 15 is 0 Å². The van der Waals surface area contributed by atoms with E-state index < -0.39 is 5.82 Å². The number of hydrogen-bond donors (Lipinski definition) is 1. The van der Waals surface area contributed by atoms with Crippen LogP contribution >= 0.6 is 34.7 Å². The lowest BCUT2D eigenvalue weighted by Crippen LogP contribution is -2.23. The Morgan fingerprint density at radius 3 is 2.63 bits per heavy atom. The normalized spacial score (nSPS) is 11.3. The average molecular weight is 530 g/mol. The Morgan fingerprint density at radius 2 is 1.94 bits per heavy atom. The Morgan fingerprint density at radius 1 is 1.17 bits per heavy atom. The van der Waals surface area contributed by atoms with E-state index in [1.165, 1.54) is 41.3 Å². The number of nitrogens with one attached hydrogen (secondary N) is 1. The van der Waals surface area contributed by atoms with Crippen molar-refractivity contribution >= 4 is 56.5 Å². The standard InChI is InChI=1S/C26H25ClFN3O2S2/c1-5-6-21-16(4)23-24(35-21)30-26(31(25(23)33)18-9-7-14(2)15(3)11-18)34-13-22(32)29-17-8-10-20(28)19(27)12-17/h7-12H,5-6,13H2,1-4H3,(H,29,32). The first-order chi connectivity index (χ1) is 16.7. The zero-order chi connectivity index (χ0) is 25.3. The van der Waals surface area contributed by atoms with Crippen molar-refractivity contribution in [2.75, 3.05) is 11.1 Å². The summed E-state index contributed by atoms with van der Waals surface area (Å²) < 4.78 is 15.0. The summed E-state index contributed by atoms with van der Waals surface area (Å²) in [5.74, 6) is -0.848. The topological polar surface area (TPSA) is 64.0 Å². The number of amides is 1. The molecule has 2 aromatic heterocycles. The third-order valence-electron chi connectivity index (χ3n) is 5.79. The number of nitrogens with zero attached hydrogens (tertiary/aromatic N) is 2. The highest BCUT2D eigenvalue weighted by molar-refractivity contribution is 7.99. The van der Waals surface area contributed by atoms with E-state index in [1.807, 2.05) is 39.0 Å². The summed E-state index contributed by atoms with van der Waals surface area (Å²) in [5, 5.41) is 3.72. The van der Waals surface area contributed by atoms with Crippen LogP contribution in [0, 0.1) is 26.6 Å². The van der Waals surface area contributed by atoms with Gasteiger partial charge in [-0.25, -0.2) is 9.37 Å². The van der Waals surface area contributed by atoms with Crippen LogP contribution in [0.15, 0.2) is 46.3 Å². The molecule has 0 aliphatic rings. The van der Waals surface area contributed by atoms with Gasteiger partial charge in [0.2, 0.25) is 5.91 Å². The van der Waals surface area contributed by atoms with Gasteiger partial charge >= 0.3 is 0 Å². The monoisotopic (exact) mass is 529 g/mol. The second-order valence-corrected chi connectivity index (χ2v) is 10.8. The average Bonchev–Trinajstić information content (AvgIpc) is 3.12. The number of hydrogen-bond acceptors (Lipinski definition) is 5. The molecule has 0 atom stereocenters.